The molecular weight excluding hydrogens is 295 g/mol. The summed E-state index contributed by atoms with van der Waals surface area (Å²) in [5, 5.41) is 6.12. The first-order chi connectivity index (χ1) is 9.61. The molecular formula is C15H22ClFN2O2. The molecule has 0 saturated carbocycles. The number of hydrogen-bond acceptors (Lipinski definition) is 3. The van der Waals surface area contributed by atoms with Gasteiger partial charge in [0.1, 0.15) is 11.6 Å². The van der Waals surface area contributed by atoms with Crippen LogP contribution in [-0.4, -0.2) is 25.6 Å². The number of ether oxygens (including phenoxy) is 1. The van der Waals surface area contributed by atoms with E-state index in [2.05, 4.69) is 10.6 Å². The van der Waals surface area contributed by atoms with Gasteiger partial charge in [-0.3, -0.25) is 4.79 Å². The number of halogens is 2. The van der Waals surface area contributed by atoms with Gasteiger partial charge in [0.15, 0.2) is 0 Å². The lowest BCUT2D eigenvalue weighted by Gasteiger charge is -2.25. The highest BCUT2D eigenvalue weighted by molar-refractivity contribution is 5.85. The molecule has 1 aliphatic rings. The number of carbonyl (C=O) groups excluding carboxylic acids is 1. The Bertz CT molecular complexity index is 479. The first-order valence-corrected chi connectivity index (χ1v) is 6.99. The van der Waals surface area contributed by atoms with Crippen LogP contribution >= 0.6 is 12.4 Å². The molecule has 1 aromatic rings. The van der Waals surface area contributed by atoms with E-state index >= 15 is 0 Å². The molecule has 4 nitrogen and oxygen atoms in total. The fourth-order valence-corrected chi connectivity index (χ4v) is 2.51. The smallest absolute Gasteiger partial charge is 0.237 e. The number of amides is 1. The minimum atomic E-state index is -0.335. The van der Waals surface area contributed by atoms with Gasteiger partial charge in [0.25, 0.3) is 0 Å². The quantitative estimate of drug-likeness (QED) is 0.897. The van der Waals surface area contributed by atoms with Gasteiger partial charge < -0.3 is 15.4 Å². The third-order valence-corrected chi connectivity index (χ3v) is 3.64. The summed E-state index contributed by atoms with van der Waals surface area (Å²) < 4.78 is 18.6. The van der Waals surface area contributed by atoms with Gasteiger partial charge in [-0.25, -0.2) is 4.39 Å². The van der Waals surface area contributed by atoms with Crippen molar-refractivity contribution in [2.45, 2.75) is 38.3 Å². The fraction of sp³-hybridized carbons (Fsp3) is 0.533. The second-order valence-electron chi connectivity index (χ2n) is 5.12. The average Bonchev–Trinajstić information content (AvgIpc) is 2.48. The summed E-state index contributed by atoms with van der Waals surface area (Å²) in [7, 11) is 1.54. The van der Waals surface area contributed by atoms with Crippen LogP contribution in [0.3, 0.4) is 0 Å². The number of rotatable bonds is 4. The third kappa shape index (κ3) is 4.58. The summed E-state index contributed by atoms with van der Waals surface area (Å²) in [4.78, 5) is 12.2. The predicted molar refractivity (Wildman–Crippen MR) is 82.4 cm³/mol. The number of methoxy groups -OCH3 is 1. The normalized spacial score (nSPS) is 19.3. The van der Waals surface area contributed by atoms with Crippen LogP contribution in [0.25, 0.3) is 0 Å². The highest BCUT2D eigenvalue weighted by Gasteiger charge is 2.23. The molecule has 1 unspecified atom stereocenters. The van der Waals surface area contributed by atoms with Gasteiger partial charge in [0.2, 0.25) is 5.91 Å². The molecule has 0 aliphatic carbocycles. The average molecular weight is 317 g/mol. The molecule has 2 N–H and O–H groups in total. The van der Waals surface area contributed by atoms with Crippen molar-refractivity contribution < 1.29 is 13.9 Å². The Kier molecular flexibility index (Phi) is 6.92. The van der Waals surface area contributed by atoms with Crippen molar-refractivity contribution in [2.24, 2.45) is 0 Å². The maximum atomic E-state index is 13.4. The van der Waals surface area contributed by atoms with Crippen LogP contribution in [0, 0.1) is 5.82 Å². The lowest BCUT2D eigenvalue weighted by Crippen LogP contribution is -2.47. The first kappa shape index (κ1) is 17.7. The topological polar surface area (TPSA) is 50.4 Å². The van der Waals surface area contributed by atoms with E-state index in [-0.39, 0.29) is 36.2 Å². The van der Waals surface area contributed by atoms with Crippen molar-refractivity contribution in [3.05, 3.63) is 29.6 Å². The van der Waals surface area contributed by atoms with E-state index in [4.69, 9.17) is 4.74 Å². The summed E-state index contributed by atoms with van der Waals surface area (Å²) in [6.45, 7) is 2.70. The van der Waals surface area contributed by atoms with Gasteiger partial charge in [0.05, 0.1) is 19.2 Å². The second kappa shape index (κ2) is 8.20. The lowest BCUT2D eigenvalue weighted by molar-refractivity contribution is -0.124. The second-order valence-corrected chi connectivity index (χ2v) is 5.12. The Balaban J connectivity index is 0.00000220. The summed E-state index contributed by atoms with van der Waals surface area (Å²) >= 11 is 0. The van der Waals surface area contributed by atoms with Gasteiger partial charge in [-0.2, -0.15) is 0 Å². The SMILES string of the molecule is COc1ccc(F)cc1C(C)NC(=O)[C@@H]1CCCCN1.Cl. The molecule has 21 heavy (non-hydrogen) atoms. The zero-order chi connectivity index (χ0) is 14.5. The van der Waals surface area contributed by atoms with Gasteiger partial charge in [0, 0.05) is 5.56 Å². The summed E-state index contributed by atoms with van der Waals surface area (Å²) in [6.07, 6.45) is 3.01. The highest BCUT2D eigenvalue weighted by atomic mass is 35.5. The lowest BCUT2D eigenvalue weighted by atomic mass is 10.0. The van der Waals surface area contributed by atoms with E-state index in [9.17, 15) is 9.18 Å². The summed E-state index contributed by atoms with van der Waals surface area (Å²) in [5.41, 5.74) is 0.650. The van der Waals surface area contributed by atoms with Crippen LogP contribution in [0.5, 0.6) is 5.75 Å². The predicted octanol–water partition coefficient (Wildman–Crippen LogP) is 2.58. The van der Waals surface area contributed by atoms with Crippen LogP contribution in [0.2, 0.25) is 0 Å². The number of benzene rings is 1. The summed E-state index contributed by atoms with van der Waals surface area (Å²) in [5.74, 6) is 0.206. The molecule has 2 atom stereocenters. The van der Waals surface area contributed by atoms with Crippen molar-refractivity contribution >= 4 is 18.3 Å². The van der Waals surface area contributed by atoms with E-state index in [0.29, 0.717) is 11.3 Å². The Morgan fingerprint density at radius 3 is 2.86 bits per heavy atom. The molecule has 118 valence electrons. The van der Waals surface area contributed by atoms with Crippen LogP contribution in [-0.2, 0) is 4.79 Å². The molecule has 1 aliphatic heterocycles. The first-order valence-electron chi connectivity index (χ1n) is 6.99. The van der Waals surface area contributed by atoms with E-state index in [1.807, 2.05) is 6.92 Å². The summed E-state index contributed by atoms with van der Waals surface area (Å²) in [6, 6.07) is 3.88. The molecule has 0 bridgehead atoms. The molecule has 1 amide bonds. The maximum Gasteiger partial charge on any atom is 0.237 e. The molecule has 1 saturated heterocycles. The van der Waals surface area contributed by atoms with Crippen molar-refractivity contribution in [2.75, 3.05) is 13.7 Å². The van der Waals surface area contributed by atoms with Crippen LogP contribution < -0.4 is 15.4 Å². The van der Waals surface area contributed by atoms with Crippen LogP contribution in [0.15, 0.2) is 18.2 Å². The minimum Gasteiger partial charge on any atom is -0.496 e. The van der Waals surface area contributed by atoms with Crippen molar-refractivity contribution in [1.29, 1.82) is 0 Å². The zero-order valence-electron chi connectivity index (χ0n) is 12.3. The van der Waals surface area contributed by atoms with E-state index in [1.54, 1.807) is 6.07 Å². The van der Waals surface area contributed by atoms with Crippen LogP contribution in [0.1, 0.15) is 37.8 Å². The van der Waals surface area contributed by atoms with Gasteiger partial charge in [-0.05, 0) is 44.5 Å². The van der Waals surface area contributed by atoms with Crippen LogP contribution in [0.4, 0.5) is 4.39 Å². The fourth-order valence-electron chi connectivity index (χ4n) is 2.51. The minimum absolute atomic E-state index is 0. The highest BCUT2D eigenvalue weighted by Crippen LogP contribution is 2.26. The Morgan fingerprint density at radius 2 is 2.24 bits per heavy atom. The molecule has 0 spiro atoms. The Morgan fingerprint density at radius 1 is 1.48 bits per heavy atom. The molecule has 1 fully saturated rings. The molecule has 1 heterocycles. The molecule has 0 aromatic heterocycles. The van der Waals surface area contributed by atoms with Gasteiger partial charge in [-0.15, -0.1) is 12.4 Å². The number of piperidine rings is 1. The van der Waals surface area contributed by atoms with E-state index in [1.165, 1.54) is 19.2 Å². The largest absolute Gasteiger partial charge is 0.496 e. The van der Waals surface area contributed by atoms with Crippen molar-refractivity contribution in [1.82, 2.24) is 10.6 Å². The number of nitrogens with one attached hydrogen (secondary N) is 2. The third-order valence-electron chi connectivity index (χ3n) is 3.64. The van der Waals surface area contributed by atoms with Crippen molar-refractivity contribution in [3.8, 4) is 5.75 Å². The maximum absolute atomic E-state index is 13.4. The van der Waals surface area contributed by atoms with Gasteiger partial charge >= 0.3 is 0 Å². The molecule has 2 rings (SSSR count). The van der Waals surface area contributed by atoms with E-state index < -0.39 is 0 Å². The zero-order valence-corrected chi connectivity index (χ0v) is 13.1. The molecule has 6 heteroatoms. The van der Waals surface area contributed by atoms with Gasteiger partial charge in [-0.1, -0.05) is 6.42 Å². The monoisotopic (exact) mass is 316 g/mol. The standard InChI is InChI=1S/C15H21FN2O2.ClH/c1-10(12-9-11(16)6-7-14(12)20-2)18-15(19)13-5-3-4-8-17-13;/h6-7,9-10,13,17H,3-5,8H2,1-2H3,(H,18,19);1H/t10?,13-;/m0./s1. The Hall–Kier alpha value is -1.33. The molecule has 0 radical (unpaired) electrons. The Labute approximate surface area is 130 Å². The number of carbonyl (C=O) groups is 1. The van der Waals surface area contributed by atoms with E-state index in [0.717, 1.165) is 25.8 Å². The molecule has 1 aromatic carbocycles. The number of hydrogen-bond donors (Lipinski definition) is 2. The van der Waals surface area contributed by atoms with Crippen molar-refractivity contribution in [3.63, 3.8) is 0 Å².